The minimum atomic E-state index is 0.0370. The quantitative estimate of drug-likeness (QED) is 0.369. The van der Waals surface area contributed by atoms with Gasteiger partial charge in [0.05, 0.1) is 0 Å². The number of rotatable bonds is 2. The second-order valence-electron chi connectivity index (χ2n) is 2.19. The number of hydrogen-bond donors (Lipinski definition) is 0. The van der Waals surface area contributed by atoms with Gasteiger partial charge in [-0.15, -0.1) is 0 Å². The van der Waals surface area contributed by atoms with Crippen LogP contribution in [0.3, 0.4) is 0 Å². The van der Waals surface area contributed by atoms with Crippen molar-refractivity contribution in [3.05, 3.63) is 22.9 Å². The van der Waals surface area contributed by atoms with Crippen LogP contribution in [0, 0.1) is 22.7 Å². The summed E-state index contributed by atoms with van der Waals surface area (Å²) < 4.78 is 0. The third kappa shape index (κ3) is 3.65. The van der Waals surface area contributed by atoms with Crippen molar-refractivity contribution in [2.24, 2.45) is 0 Å². The number of allylic oxidation sites excluding steroid dienone is 3. The van der Waals surface area contributed by atoms with E-state index in [1.165, 1.54) is 12.2 Å². The molecule has 0 spiro atoms. The molecule has 0 amide bonds. The topological polar surface area (TPSA) is 50.8 Å². The van der Waals surface area contributed by atoms with E-state index in [1.807, 2.05) is 0 Å². The van der Waals surface area contributed by atoms with Crippen LogP contribution in [-0.2, 0) is 0 Å². The van der Waals surface area contributed by atoms with E-state index in [2.05, 4.69) is 0 Å². The molecule has 0 rings (SSSR count). The number of nitriles is 2. The number of hydrogen-bond acceptors (Lipinski definition) is 3. The van der Waals surface area contributed by atoms with Crippen molar-refractivity contribution in [2.45, 2.75) is 0 Å². The standard InChI is InChI=1S/C8H8ClN3/c1-12(2)8(9)4-3-7(5-10)6-11/h3-4H,1-2H3/b8-4+. The highest BCUT2D eigenvalue weighted by atomic mass is 35.5. The fourth-order valence-electron chi connectivity index (χ4n) is 0.401. The van der Waals surface area contributed by atoms with Crippen LogP contribution < -0.4 is 0 Å². The third-order valence-electron chi connectivity index (χ3n) is 1.06. The van der Waals surface area contributed by atoms with E-state index in [4.69, 9.17) is 22.1 Å². The Morgan fingerprint density at radius 2 is 1.75 bits per heavy atom. The molecule has 0 aliphatic carbocycles. The lowest BCUT2D eigenvalue weighted by Gasteiger charge is -2.08. The van der Waals surface area contributed by atoms with Crippen molar-refractivity contribution < 1.29 is 0 Å². The molecule has 0 radical (unpaired) electrons. The van der Waals surface area contributed by atoms with Gasteiger partial charge in [-0.2, -0.15) is 10.5 Å². The Morgan fingerprint density at radius 1 is 1.25 bits per heavy atom. The average Bonchev–Trinajstić information content (AvgIpc) is 2.05. The normalized spacial score (nSPS) is 9.58. The van der Waals surface area contributed by atoms with Gasteiger partial charge in [-0.25, -0.2) is 0 Å². The van der Waals surface area contributed by atoms with Gasteiger partial charge in [0.1, 0.15) is 22.9 Å². The Hall–Kier alpha value is -1.45. The van der Waals surface area contributed by atoms with E-state index in [0.29, 0.717) is 5.16 Å². The maximum Gasteiger partial charge on any atom is 0.129 e. The Morgan fingerprint density at radius 3 is 2.08 bits per heavy atom. The van der Waals surface area contributed by atoms with E-state index in [9.17, 15) is 0 Å². The molecule has 0 aromatic heterocycles. The van der Waals surface area contributed by atoms with Gasteiger partial charge in [-0.05, 0) is 12.2 Å². The summed E-state index contributed by atoms with van der Waals surface area (Å²) >= 11 is 5.70. The van der Waals surface area contributed by atoms with Crippen LogP contribution >= 0.6 is 11.6 Å². The van der Waals surface area contributed by atoms with Gasteiger partial charge in [0.2, 0.25) is 0 Å². The Kier molecular flexibility index (Phi) is 4.60. The Bertz CT molecular complexity index is 272. The van der Waals surface area contributed by atoms with Crippen molar-refractivity contribution >= 4 is 11.6 Å². The number of halogens is 1. The lowest BCUT2D eigenvalue weighted by Crippen LogP contribution is -2.05. The zero-order valence-corrected chi connectivity index (χ0v) is 7.63. The highest BCUT2D eigenvalue weighted by Crippen LogP contribution is 2.04. The second-order valence-corrected chi connectivity index (χ2v) is 2.58. The molecule has 0 saturated carbocycles. The van der Waals surface area contributed by atoms with Crippen molar-refractivity contribution in [3.63, 3.8) is 0 Å². The van der Waals surface area contributed by atoms with Crippen LogP contribution in [0.25, 0.3) is 0 Å². The highest BCUT2D eigenvalue weighted by molar-refractivity contribution is 6.29. The summed E-state index contributed by atoms with van der Waals surface area (Å²) in [5.74, 6) is 0. The van der Waals surface area contributed by atoms with Gasteiger partial charge in [0.25, 0.3) is 0 Å². The number of nitrogens with zero attached hydrogens (tertiary/aromatic N) is 3. The summed E-state index contributed by atoms with van der Waals surface area (Å²) in [5, 5.41) is 17.2. The average molecular weight is 182 g/mol. The van der Waals surface area contributed by atoms with E-state index < -0.39 is 0 Å². The summed E-state index contributed by atoms with van der Waals surface area (Å²) in [6, 6.07) is 3.45. The maximum absolute atomic E-state index is 8.35. The smallest absolute Gasteiger partial charge is 0.129 e. The molecular formula is C8H8ClN3. The van der Waals surface area contributed by atoms with Crippen molar-refractivity contribution in [3.8, 4) is 12.1 Å². The van der Waals surface area contributed by atoms with E-state index in [-0.39, 0.29) is 5.57 Å². The first-order valence-corrected chi connectivity index (χ1v) is 3.54. The van der Waals surface area contributed by atoms with Gasteiger partial charge < -0.3 is 4.90 Å². The zero-order chi connectivity index (χ0) is 9.56. The molecule has 0 atom stereocenters. The molecule has 0 N–H and O–H groups in total. The molecule has 0 aliphatic heterocycles. The van der Waals surface area contributed by atoms with Crippen LogP contribution in [0.5, 0.6) is 0 Å². The molecular weight excluding hydrogens is 174 g/mol. The molecule has 0 unspecified atom stereocenters. The Balaban J connectivity index is 4.51. The molecule has 62 valence electrons. The second kappa shape index (κ2) is 5.23. The third-order valence-corrected chi connectivity index (χ3v) is 1.52. The van der Waals surface area contributed by atoms with Crippen molar-refractivity contribution in [2.75, 3.05) is 14.1 Å². The van der Waals surface area contributed by atoms with Crippen molar-refractivity contribution in [1.29, 1.82) is 10.5 Å². The molecule has 3 nitrogen and oxygen atoms in total. The van der Waals surface area contributed by atoms with Gasteiger partial charge in [-0.3, -0.25) is 0 Å². The molecule has 12 heavy (non-hydrogen) atoms. The fraction of sp³-hybridized carbons (Fsp3) is 0.250. The lowest BCUT2D eigenvalue weighted by molar-refractivity contribution is 0.547. The molecule has 0 aliphatic rings. The van der Waals surface area contributed by atoms with Gasteiger partial charge in [-0.1, -0.05) is 11.6 Å². The van der Waals surface area contributed by atoms with Crippen LogP contribution in [-0.4, -0.2) is 19.0 Å². The molecule has 0 heterocycles. The summed E-state index contributed by atoms with van der Waals surface area (Å²) in [4.78, 5) is 1.67. The molecule has 0 bridgehead atoms. The largest absolute Gasteiger partial charge is 0.368 e. The summed E-state index contributed by atoms with van der Waals surface area (Å²) in [6.45, 7) is 0. The first-order valence-electron chi connectivity index (χ1n) is 3.16. The van der Waals surface area contributed by atoms with Gasteiger partial charge in [0, 0.05) is 14.1 Å². The van der Waals surface area contributed by atoms with Crippen LogP contribution in [0.15, 0.2) is 22.9 Å². The molecule has 0 fully saturated rings. The first-order chi connectivity index (χ1) is 5.61. The Labute approximate surface area is 76.8 Å². The molecule has 0 aromatic carbocycles. The SMILES string of the molecule is CN(C)/C(Cl)=C/C=C(C#N)C#N. The first kappa shape index (κ1) is 10.6. The molecule has 0 aromatic rings. The minimum absolute atomic E-state index is 0.0370. The summed E-state index contributed by atoms with van der Waals surface area (Å²) in [6.07, 6.45) is 2.88. The monoisotopic (exact) mass is 181 g/mol. The predicted octanol–water partition coefficient (Wildman–Crippen LogP) is 1.60. The lowest BCUT2D eigenvalue weighted by atomic mass is 10.3. The van der Waals surface area contributed by atoms with Crippen LogP contribution in [0.1, 0.15) is 0 Å². The summed E-state index contributed by atoms with van der Waals surface area (Å²) in [7, 11) is 3.54. The molecule has 4 heteroatoms. The maximum atomic E-state index is 8.35. The van der Waals surface area contributed by atoms with Gasteiger partial charge >= 0.3 is 0 Å². The predicted molar refractivity (Wildman–Crippen MR) is 46.9 cm³/mol. The minimum Gasteiger partial charge on any atom is -0.368 e. The van der Waals surface area contributed by atoms with E-state index >= 15 is 0 Å². The van der Waals surface area contributed by atoms with Crippen molar-refractivity contribution in [1.82, 2.24) is 4.90 Å². The van der Waals surface area contributed by atoms with Crippen LogP contribution in [0.4, 0.5) is 0 Å². The molecule has 0 saturated heterocycles. The van der Waals surface area contributed by atoms with Crippen LogP contribution in [0.2, 0.25) is 0 Å². The van der Waals surface area contributed by atoms with E-state index in [1.54, 1.807) is 31.1 Å². The van der Waals surface area contributed by atoms with Gasteiger partial charge in [0.15, 0.2) is 0 Å². The zero-order valence-electron chi connectivity index (χ0n) is 6.87. The fourth-order valence-corrected chi connectivity index (χ4v) is 0.464. The highest BCUT2D eigenvalue weighted by Gasteiger charge is 1.92. The summed E-state index contributed by atoms with van der Waals surface area (Å²) in [5.41, 5.74) is 0.0370. The van der Waals surface area contributed by atoms with E-state index in [0.717, 1.165) is 0 Å².